The minimum absolute atomic E-state index is 0.136. The lowest BCUT2D eigenvalue weighted by molar-refractivity contribution is 0.0672. The van der Waals surface area contributed by atoms with Crippen molar-refractivity contribution in [3.8, 4) is 0 Å². The highest BCUT2D eigenvalue weighted by Crippen LogP contribution is 2.23. The fourth-order valence-corrected chi connectivity index (χ4v) is 3.98. The normalized spacial score (nSPS) is 20.9. The van der Waals surface area contributed by atoms with Gasteiger partial charge in [0, 0.05) is 49.8 Å². The van der Waals surface area contributed by atoms with Gasteiger partial charge in [-0.05, 0) is 56.2 Å². The Labute approximate surface area is 148 Å². The van der Waals surface area contributed by atoms with Gasteiger partial charge in [-0.3, -0.25) is 9.89 Å². The van der Waals surface area contributed by atoms with Crippen molar-refractivity contribution < 1.29 is 4.79 Å². The number of piperidine rings is 1. The molecule has 1 N–H and O–H groups in total. The molecular formula is C19H25N5O. The largest absolute Gasteiger partial charge is 0.357 e. The number of nitrogens with zero attached hydrogens (tertiary/aromatic N) is 4. The van der Waals surface area contributed by atoms with E-state index in [1.807, 2.05) is 23.1 Å². The second kappa shape index (κ2) is 7.25. The molecule has 2 aromatic heterocycles. The van der Waals surface area contributed by atoms with Crippen LogP contribution < -0.4 is 4.90 Å². The third kappa shape index (κ3) is 3.67. The maximum Gasteiger partial charge on any atom is 0.254 e. The number of anilines is 1. The summed E-state index contributed by atoms with van der Waals surface area (Å²) in [6, 6.07) is 5.83. The number of aromatic amines is 1. The standard InChI is InChI=1S/C19H25N5O/c25-19(16-5-7-20-18(13-16)23-9-1-2-10-23)24-11-3-4-15(14-24)12-17-6-8-21-22-17/h5-8,13,15H,1-4,9-12,14H2,(H,21,22). The van der Waals surface area contributed by atoms with Gasteiger partial charge < -0.3 is 9.80 Å². The van der Waals surface area contributed by atoms with Crippen LogP contribution in [0, 0.1) is 5.92 Å². The number of amides is 1. The number of carbonyl (C=O) groups excluding carboxylic acids is 1. The van der Waals surface area contributed by atoms with Crippen LogP contribution in [-0.4, -0.2) is 52.2 Å². The molecule has 0 aliphatic carbocycles. The Morgan fingerprint density at radius 3 is 2.84 bits per heavy atom. The van der Waals surface area contributed by atoms with E-state index in [4.69, 9.17) is 0 Å². The highest BCUT2D eigenvalue weighted by molar-refractivity contribution is 5.95. The van der Waals surface area contributed by atoms with Gasteiger partial charge in [0.15, 0.2) is 0 Å². The molecule has 4 rings (SSSR count). The number of aromatic nitrogens is 3. The summed E-state index contributed by atoms with van der Waals surface area (Å²) >= 11 is 0. The van der Waals surface area contributed by atoms with Crippen LogP contribution in [0.1, 0.15) is 41.7 Å². The van der Waals surface area contributed by atoms with Crippen molar-refractivity contribution >= 4 is 11.7 Å². The zero-order valence-corrected chi connectivity index (χ0v) is 14.5. The van der Waals surface area contributed by atoms with Crippen LogP contribution in [0.15, 0.2) is 30.6 Å². The smallest absolute Gasteiger partial charge is 0.254 e. The van der Waals surface area contributed by atoms with E-state index in [1.165, 1.54) is 12.8 Å². The maximum absolute atomic E-state index is 13.0. The minimum Gasteiger partial charge on any atom is -0.357 e. The lowest BCUT2D eigenvalue weighted by Gasteiger charge is -2.33. The summed E-state index contributed by atoms with van der Waals surface area (Å²) in [5, 5.41) is 7.05. The molecule has 25 heavy (non-hydrogen) atoms. The molecule has 0 aromatic carbocycles. The fraction of sp³-hybridized carbons (Fsp3) is 0.526. The molecule has 6 nitrogen and oxygen atoms in total. The lowest BCUT2D eigenvalue weighted by Crippen LogP contribution is -2.40. The quantitative estimate of drug-likeness (QED) is 0.929. The van der Waals surface area contributed by atoms with Crippen LogP contribution in [0.4, 0.5) is 5.82 Å². The summed E-state index contributed by atoms with van der Waals surface area (Å²) in [4.78, 5) is 21.7. The molecule has 2 aliphatic heterocycles. The van der Waals surface area contributed by atoms with Gasteiger partial charge >= 0.3 is 0 Å². The SMILES string of the molecule is O=C(c1ccnc(N2CCCC2)c1)N1CCCC(Cc2ccn[nH]2)C1. The summed E-state index contributed by atoms with van der Waals surface area (Å²) in [7, 11) is 0. The van der Waals surface area contributed by atoms with Crippen LogP contribution in [0.3, 0.4) is 0 Å². The summed E-state index contributed by atoms with van der Waals surface area (Å²) in [5.74, 6) is 1.57. The highest BCUT2D eigenvalue weighted by Gasteiger charge is 2.25. The topological polar surface area (TPSA) is 65.1 Å². The van der Waals surface area contributed by atoms with Gasteiger partial charge in [0.1, 0.15) is 5.82 Å². The Hall–Kier alpha value is -2.37. The fourth-order valence-electron chi connectivity index (χ4n) is 3.98. The molecule has 1 atom stereocenters. The zero-order chi connectivity index (χ0) is 17.1. The maximum atomic E-state index is 13.0. The molecule has 0 bridgehead atoms. The van der Waals surface area contributed by atoms with E-state index in [0.29, 0.717) is 5.92 Å². The predicted octanol–water partition coefficient (Wildman–Crippen LogP) is 2.50. The summed E-state index contributed by atoms with van der Waals surface area (Å²) in [6.07, 6.45) is 9.17. The average Bonchev–Trinajstić information content (AvgIpc) is 3.35. The third-order valence-corrected chi connectivity index (χ3v) is 5.30. The summed E-state index contributed by atoms with van der Waals surface area (Å²) in [6.45, 7) is 3.75. The van der Waals surface area contributed by atoms with Gasteiger partial charge in [-0.25, -0.2) is 4.98 Å². The molecule has 0 spiro atoms. The Morgan fingerprint density at radius 2 is 2.04 bits per heavy atom. The van der Waals surface area contributed by atoms with Crippen molar-refractivity contribution in [3.63, 3.8) is 0 Å². The molecule has 4 heterocycles. The van der Waals surface area contributed by atoms with Crippen molar-refractivity contribution in [1.82, 2.24) is 20.1 Å². The Bertz CT molecular complexity index is 708. The number of pyridine rings is 1. The molecule has 6 heteroatoms. The number of carbonyl (C=O) groups is 1. The van der Waals surface area contributed by atoms with Crippen molar-refractivity contribution in [1.29, 1.82) is 0 Å². The first-order valence-corrected chi connectivity index (χ1v) is 9.28. The van der Waals surface area contributed by atoms with E-state index < -0.39 is 0 Å². The summed E-state index contributed by atoms with van der Waals surface area (Å²) in [5.41, 5.74) is 1.92. The van der Waals surface area contributed by atoms with Gasteiger partial charge in [0.2, 0.25) is 0 Å². The molecule has 1 amide bonds. The molecule has 2 fully saturated rings. The minimum atomic E-state index is 0.136. The van der Waals surface area contributed by atoms with Crippen molar-refractivity contribution in [3.05, 3.63) is 41.9 Å². The van der Waals surface area contributed by atoms with E-state index in [0.717, 1.165) is 62.5 Å². The molecule has 1 unspecified atom stereocenters. The second-order valence-electron chi connectivity index (χ2n) is 7.14. The van der Waals surface area contributed by atoms with Crippen LogP contribution in [0.2, 0.25) is 0 Å². The number of hydrogen-bond acceptors (Lipinski definition) is 4. The first kappa shape index (κ1) is 16.1. The lowest BCUT2D eigenvalue weighted by atomic mass is 9.93. The highest BCUT2D eigenvalue weighted by atomic mass is 16.2. The molecule has 132 valence electrons. The average molecular weight is 339 g/mol. The van der Waals surface area contributed by atoms with Crippen LogP contribution >= 0.6 is 0 Å². The number of likely N-dealkylation sites (tertiary alicyclic amines) is 1. The monoisotopic (exact) mass is 339 g/mol. The molecule has 2 saturated heterocycles. The van der Waals surface area contributed by atoms with Gasteiger partial charge in [-0.15, -0.1) is 0 Å². The number of H-pyrrole nitrogens is 1. The van der Waals surface area contributed by atoms with E-state index in [9.17, 15) is 4.79 Å². The van der Waals surface area contributed by atoms with Gasteiger partial charge in [0.05, 0.1) is 0 Å². The van der Waals surface area contributed by atoms with Crippen LogP contribution in [0.5, 0.6) is 0 Å². The Kier molecular flexibility index (Phi) is 4.68. The number of hydrogen-bond donors (Lipinski definition) is 1. The summed E-state index contributed by atoms with van der Waals surface area (Å²) < 4.78 is 0. The molecule has 0 radical (unpaired) electrons. The van der Waals surface area contributed by atoms with Crippen LogP contribution in [0.25, 0.3) is 0 Å². The van der Waals surface area contributed by atoms with Crippen molar-refractivity contribution in [2.75, 3.05) is 31.1 Å². The Balaban J connectivity index is 1.43. The molecular weight excluding hydrogens is 314 g/mol. The first-order chi connectivity index (χ1) is 12.3. The molecule has 2 aliphatic rings. The second-order valence-corrected chi connectivity index (χ2v) is 7.14. The van der Waals surface area contributed by atoms with E-state index in [-0.39, 0.29) is 5.91 Å². The van der Waals surface area contributed by atoms with Crippen LogP contribution in [-0.2, 0) is 6.42 Å². The van der Waals surface area contributed by atoms with E-state index >= 15 is 0 Å². The predicted molar refractivity (Wildman–Crippen MR) is 96.6 cm³/mol. The van der Waals surface area contributed by atoms with Crippen molar-refractivity contribution in [2.45, 2.75) is 32.1 Å². The third-order valence-electron chi connectivity index (χ3n) is 5.30. The Morgan fingerprint density at radius 1 is 1.16 bits per heavy atom. The van der Waals surface area contributed by atoms with E-state index in [1.54, 1.807) is 12.4 Å². The van der Waals surface area contributed by atoms with E-state index in [2.05, 4.69) is 20.1 Å². The molecule has 0 saturated carbocycles. The van der Waals surface area contributed by atoms with Gasteiger partial charge in [0.25, 0.3) is 5.91 Å². The zero-order valence-electron chi connectivity index (χ0n) is 14.5. The number of nitrogens with one attached hydrogen (secondary N) is 1. The van der Waals surface area contributed by atoms with Gasteiger partial charge in [-0.2, -0.15) is 5.10 Å². The first-order valence-electron chi connectivity index (χ1n) is 9.28. The van der Waals surface area contributed by atoms with Gasteiger partial charge in [-0.1, -0.05) is 0 Å². The van der Waals surface area contributed by atoms with Crippen molar-refractivity contribution in [2.24, 2.45) is 5.92 Å². The molecule has 2 aromatic rings. The number of rotatable bonds is 4.